The van der Waals surface area contributed by atoms with Crippen molar-refractivity contribution < 1.29 is 9.53 Å². The minimum atomic E-state index is -0.337. The van der Waals surface area contributed by atoms with E-state index in [2.05, 4.69) is 12.1 Å². The number of amides is 1. The molecule has 1 aliphatic heterocycles. The maximum Gasteiger partial charge on any atom is 0.256 e. The molecule has 1 aliphatic carbocycles. The molecule has 0 spiro atoms. The third-order valence-corrected chi connectivity index (χ3v) is 4.75. The van der Waals surface area contributed by atoms with E-state index in [-0.39, 0.29) is 12.1 Å². The van der Waals surface area contributed by atoms with Gasteiger partial charge in [0.05, 0.1) is 5.57 Å². The van der Waals surface area contributed by atoms with Crippen molar-refractivity contribution in [2.75, 3.05) is 0 Å². The SMILES string of the molecule is O=C1C2=C(CCCC2)OC(c2ccccc2)N1Cc1ccccc1. The second kappa shape index (κ2) is 6.52. The molecule has 2 aromatic rings. The fourth-order valence-electron chi connectivity index (χ4n) is 3.51. The second-order valence-corrected chi connectivity index (χ2v) is 6.41. The summed E-state index contributed by atoms with van der Waals surface area (Å²) in [5, 5.41) is 0. The number of carbonyl (C=O) groups is 1. The molecule has 0 fully saturated rings. The predicted octanol–water partition coefficient (Wildman–Crippen LogP) is 4.57. The van der Waals surface area contributed by atoms with Crippen molar-refractivity contribution in [2.24, 2.45) is 0 Å². The summed E-state index contributed by atoms with van der Waals surface area (Å²) in [7, 11) is 0. The summed E-state index contributed by atoms with van der Waals surface area (Å²) in [6.07, 6.45) is 3.55. The summed E-state index contributed by atoms with van der Waals surface area (Å²) in [6.45, 7) is 0.565. The summed E-state index contributed by atoms with van der Waals surface area (Å²) in [5.41, 5.74) is 3.03. The van der Waals surface area contributed by atoms with E-state index < -0.39 is 0 Å². The molecule has 0 saturated carbocycles. The van der Waals surface area contributed by atoms with Gasteiger partial charge in [0.15, 0.2) is 0 Å². The van der Waals surface area contributed by atoms with Gasteiger partial charge in [-0.2, -0.15) is 0 Å². The Balaban J connectivity index is 1.71. The molecule has 3 nitrogen and oxygen atoms in total. The molecular formula is C21H21NO2. The zero-order valence-corrected chi connectivity index (χ0v) is 13.7. The highest BCUT2D eigenvalue weighted by Gasteiger charge is 2.37. The molecule has 122 valence electrons. The first-order chi connectivity index (χ1) is 11.8. The van der Waals surface area contributed by atoms with E-state index in [4.69, 9.17) is 4.74 Å². The molecule has 1 atom stereocenters. The topological polar surface area (TPSA) is 29.5 Å². The molecule has 24 heavy (non-hydrogen) atoms. The molecule has 0 saturated heterocycles. The van der Waals surface area contributed by atoms with Crippen molar-refractivity contribution >= 4 is 5.91 Å². The van der Waals surface area contributed by atoms with Crippen molar-refractivity contribution in [1.29, 1.82) is 0 Å². The first-order valence-electron chi connectivity index (χ1n) is 8.61. The maximum absolute atomic E-state index is 13.1. The molecule has 3 heteroatoms. The van der Waals surface area contributed by atoms with Crippen LogP contribution in [0.2, 0.25) is 0 Å². The largest absolute Gasteiger partial charge is 0.470 e. The minimum absolute atomic E-state index is 0.133. The van der Waals surface area contributed by atoms with Crippen LogP contribution < -0.4 is 0 Å². The Morgan fingerprint density at radius 1 is 0.917 bits per heavy atom. The third kappa shape index (κ3) is 2.82. The molecule has 2 aliphatic rings. The fourth-order valence-corrected chi connectivity index (χ4v) is 3.51. The highest BCUT2D eigenvalue weighted by atomic mass is 16.5. The number of ether oxygens (including phenoxy) is 1. The summed E-state index contributed by atoms with van der Waals surface area (Å²) in [4.78, 5) is 15.0. The number of allylic oxidation sites excluding steroid dienone is 1. The van der Waals surface area contributed by atoms with Crippen LogP contribution >= 0.6 is 0 Å². The molecule has 0 bridgehead atoms. The van der Waals surface area contributed by atoms with Crippen LogP contribution in [-0.2, 0) is 16.1 Å². The average Bonchev–Trinajstić information content (AvgIpc) is 2.65. The Bertz CT molecular complexity index is 752. The number of hydrogen-bond donors (Lipinski definition) is 0. The first-order valence-corrected chi connectivity index (χ1v) is 8.61. The number of nitrogens with zero attached hydrogens (tertiary/aromatic N) is 1. The van der Waals surface area contributed by atoms with Gasteiger partial charge < -0.3 is 4.74 Å². The van der Waals surface area contributed by atoms with Crippen LogP contribution in [-0.4, -0.2) is 10.8 Å². The Labute approximate surface area is 142 Å². The first kappa shape index (κ1) is 15.0. The Hall–Kier alpha value is -2.55. The van der Waals surface area contributed by atoms with Crippen LogP contribution in [0.25, 0.3) is 0 Å². The van der Waals surface area contributed by atoms with E-state index >= 15 is 0 Å². The van der Waals surface area contributed by atoms with Crippen molar-refractivity contribution in [3.63, 3.8) is 0 Å². The van der Waals surface area contributed by atoms with Gasteiger partial charge in [-0.1, -0.05) is 60.7 Å². The van der Waals surface area contributed by atoms with Gasteiger partial charge in [-0.25, -0.2) is 0 Å². The number of hydrogen-bond acceptors (Lipinski definition) is 2. The molecule has 0 aromatic heterocycles. The highest BCUT2D eigenvalue weighted by molar-refractivity contribution is 5.95. The van der Waals surface area contributed by atoms with Gasteiger partial charge in [0, 0.05) is 18.5 Å². The highest BCUT2D eigenvalue weighted by Crippen LogP contribution is 2.39. The van der Waals surface area contributed by atoms with Gasteiger partial charge in [-0.15, -0.1) is 0 Å². The molecular weight excluding hydrogens is 298 g/mol. The zero-order chi connectivity index (χ0) is 16.4. The number of rotatable bonds is 3. The van der Waals surface area contributed by atoms with Crippen molar-refractivity contribution in [3.8, 4) is 0 Å². The zero-order valence-electron chi connectivity index (χ0n) is 13.7. The Morgan fingerprint density at radius 2 is 1.58 bits per heavy atom. The summed E-state index contributed by atoms with van der Waals surface area (Å²) in [5.74, 6) is 1.04. The van der Waals surface area contributed by atoms with Gasteiger partial charge in [-0.3, -0.25) is 9.69 Å². The van der Waals surface area contributed by atoms with Crippen LogP contribution in [0.15, 0.2) is 72.0 Å². The lowest BCUT2D eigenvalue weighted by atomic mass is 9.94. The molecule has 0 N–H and O–H groups in total. The normalized spacial score (nSPS) is 20.6. The van der Waals surface area contributed by atoms with Crippen LogP contribution in [0, 0.1) is 0 Å². The smallest absolute Gasteiger partial charge is 0.256 e. The summed E-state index contributed by atoms with van der Waals surface area (Å²) in [6, 6.07) is 20.2. The van der Waals surface area contributed by atoms with Gasteiger partial charge in [-0.05, 0) is 24.8 Å². The molecule has 2 aromatic carbocycles. The number of benzene rings is 2. The lowest BCUT2D eigenvalue weighted by Crippen LogP contribution is -2.41. The van der Waals surface area contributed by atoms with Crippen molar-refractivity contribution in [3.05, 3.63) is 83.1 Å². The minimum Gasteiger partial charge on any atom is -0.470 e. The summed E-state index contributed by atoms with van der Waals surface area (Å²) < 4.78 is 6.32. The van der Waals surface area contributed by atoms with Crippen LogP contribution in [0.3, 0.4) is 0 Å². The van der Waals surface area contributed by atoms with Gasteiger partial charge in [0.1, 0.15) is 5.76 Å². The van der Waals surface area contributed by atoms with Gasteiger partial charge in [0.2, 0.25) is 6.23 Å². The standard InChI is InChI=1S/C21H21NO2/c23-20-18-13-7-8-14-19(18)24-21(17-11-5-2-6-12-17)22(20)15-16-9-3-1-4-10-16/h1-6,9-12,21H,7-8,13-15H2. The van der Waals surface area contributed by atoms with Crippen molar-refractivity contribution in [2.45, 2.75) is 38.5 Å². The summed E-state index contributed by atoms with van der Waals surface area (Å²) >= 11 is 0. The Morgan fingerprint density at radius 3 is 2.33 bits per heavy atom. The fraction of sp³-hybridized carbons (Fsp3) is 0.286. The average molecular weight is 319 g/mol. The van der Waals surface area contributed by atoms with Gasteiger partial charge in [0.25, 0.3) is 5.91 Å². The molecule has 4 rings (SSSR count). The lowest BCUT2D eigenvalue weighted by molar-refractivity contribution is -0.147. The molecule has 0 radical (unpaired) electrons. The lowest BCUT2D eigenvalue weighted by Gasteiger charge is -2.39. The quantitative estimate of drug-likeness (QED) is 0.829. The van der Waals surface area contributed by atoms with Crippen LogP contribution in [0.4, 0.5) is 0 Å². The Kier molecular flexibility index (Phi) is 4.08. The van der Waals surface area contributed by atoms with Gasteiger partial charge >= 0.3 is 0 Å². The molecule has 1 amide bonds. The van der Waals surface area contributed by atoms with E-state index in [0.717, 1.165) is 48.1 Å². The number of carbonyl (C=O) groups excluding carboxylic acids is 1. The monoisotopic (exact) mass is 319 g/mol. The van der Waals surface area contributed by atoms with E-state index in [9.17, 15) is 4.79 Å². The van der Waals surface area contributed by atoms with E-state index in [1.807, 2.05) is 53.4 Å². The van der Waals surface area contributed by atoms with Crippen molar-refractivity contribution in [1.82, 2.24) is 4.90 Å². The maximum atomic E-state index is 13.1. The van der Waals surface area contributed by atoms with E-state index in [1.54, 1.807) is 0 Å². The van der Waals surface area contributed by atoms with Crippen LogP contribution in [0.5, 0.6) is 0 Å². The predicted molar refractivity (Wildman–Crippen MR) is 92.8 cm³/mol. The second-order valence-electron chi connectivity index (χ2n) is 6.41. The van der Waals surface area contributed by atoms with E-state index in [0.29, 0.717) is 6.54 Å². The molecule has 1 heterocycles. The molecule has 1 unspecified atom stereocenters. The van der Waals surface area contributed by atoms with Crippen LogP contribution in [0.1, 0.15) is 43.0 Å². The third-order valence-electron chi connectivity index (χ3n) is 4.75. The van der Waals surface area contributed by atoms with E-state index in [1.165, 1.54) is 0 Å².